The Morgan fingerprint density at radius 2 is 1.63 bits per heavy atom. The summed E-state index contributed by atoms with van der Waals surface area (Å²) in [7, 11) is 0. The van der Waals surface area contributed by atoms with Gasteiger partial charge in [-0.05, 0) is 50.1 Å². The van der Waals surface area contributed by atoms with Gasteiger partial charge >= 0.3 is 0 Å². The maximum Gasteiger partial charge on any atom is 0.115 e. The molecular weight excluding hydrogens is 234 g/mol. The van der Waals surface area contributed by atoms with Crippen LogP contribution in [0, 0.1) is 6.92 Å². The van der Waals surface area contributed by atoms with Gasteiger partial charge in [-0.3, -0.25) is 0 Å². The lowest BCUT2D eigenvalue weighted by Crippen LogP contribution is -2.21. The van der Waals surface area contributed by atoms with E-state index < -0.39 is 0 Å². The van der Waals surface area contributed by atoms with Crippen molar-refractivity contribution in [2.75, 3.05) is 6.54 Å². The van der Waals surface area contributed by atoms with Gasteiger partial charge in [0.25, 0.3) is 0 Å². The van der Waals surface area contributed by atoms with E-state index in [9.17, 15) is 5.11 Å². The minimum absolute atomic E-state index is 0.324. The second kappa shape index (κ2) is 6.39. The zero-order valence-corrected chi connectivity index (χ0v) is 11.6. The first-order valence-electron chi connectivity index (χ1n) is 6.73. The van der Waals surface area contributed by atoms with Crippen molar-refractivity contribution in [1.29, 1.82) is 0 Å². The Hall–Kier alpha value is -1.80. The van der Waals surface area contributed by atoms with Crippen molar-refractivity contribution >= 4 is 0 Å². The predicted molar refractivity (Wildman–Crippen MR) is 79.4 cm³/mol. The molecule has 100 valence electrons. The van der Waals surface area contributed by atoms with Gasteiger partial charge in [0.1, 0.15) is 5.75 Å². The largest absolute Gasteiger partial charge is 0.508 e. The van der Waals surface area contributed by atoms with Crippen molar-refractivity contribution in [1.82, 2.24) is 5.32 Å². The highest BCUT2D eigenvalue weighted by molar-refractivity contribution is 5.26. The zero-order chi connectivity index (χ0) is 13.7. The van der Waals surface area contributed by atoms with Crippen LogP contribution in [0.3, 0.4) is 0 Å². The molecule has 1 unspecified atom stereocenters. The number of nitrogens with one attached hydrogen (secondary N) is 1. The molecule has 19 heavy (non-hydrogen) atoms. The van der Waals surface area contributed by atoms with Crippen LogP contribution in [0.1, 0.15) is 29.7 Å². The average Bonchev–Trinajstić information content (AvgIpc) is 2.41. The second-order valence-electron chi connectivity index (χ2n) is 5.00. The first-order valence-corrected chi connectivity index (χ1v) is 6.73. The van der Waals surface area contributed by atoms with Gasteiger partial charge in [0.2, 0.25) is 0 Å². The third kappa shape index (κ3) is 4.11. The molecule has 0 aliphatic carbocycles. The van der Waals surface area contributed by atoms with E-state index in [4.69, 9.17) is 0 Å². The SMILES string of the molecule is Cc1ccc(C(C)NCCc2ccc(O)cc2)cc1. The van der Waals surface area contributed by atoms with Crippen molar-refractivity contribution in [3.05, 3.63) is 65.2 Å². The Labute approximate surface area is 115 Å². The maximum absolute atomic E-state index is 9.23. The summed E-state index contributed by atoms with van der Waals surface area (Å²) in [6.07, 6.45) is 0.969. The highest BCUT2D eigenvalue weighted by Crippen LogP contribution is 2.13. The summed E-state index contributed by atoms with van der Waals surface area (Å²) in [5.74, 6) is 0.324. The Morgan fingerprint density at radius 1 is 1.00 bits per heavy atom. The van der Waals surface area contributed by atoms with Crippen LogP contribution in [0.25, 0.3) is 0 Å². The molecule has 2 heteroatoms. The molecule has 0 saturated heterocycles. The van der Waals surface area contributed by atoms with Crippen LogP contribution in [0.4, 0.5) is 0 Å². The number of hydrogen-bond donors (Lipinski definition) is 2. The van der Waals surface area contributed by atoms with E-state index >= 15 is 0 Å². The molecule has 0 aliphatic heterocycles. The Morgan fingerprint density at radius 3 is 2.26 bits per heavy atom. The summed E-state index contributed by atoms with van der Waals surface area (Å²) in [6.45, 7) is 5.22. The van der Waals surface area contributed by atoms with Crippen molar-refractivity contribution in [3.63, 3.8) is 0 Å². The van der Waals surface area contributed by atoms with Crippen molar-refractivity contribution in [3.8, 4) is 5.75 Å². The minimum Gasteiger partial charge on any atom is -0.508 e. The second-order valence-corrected chi connectivity index (χ2v) is 5.00. The summed E-state index contributed by atoms with van der Waals surface area (Å²) in [6, 6.07) is 16.4. The zero-order valence-electron chi connectivity index (χ0n) is 11.6. The summed E-state index contributed by atoms with van der Waals surface area (Å²) in [5, 5.41) is 12.7. The van der Waals surface area contributed by atoms with Gasteiger partial charge in [0.15, 0.2) is 0 Å². The molecule has 2 nitrogen and oxygen atoms in total. The van der Waals surface area contributed by atoms with Crippen molar-refractivity contribution in [2.45, 2.75) is 26.3 Å². The van der Waals surface area contributed by atoms with Crippen LogP contribution < -0.4 is 5.32 Å². The van der Waals surface area contributed by atoms with Gasteiger partial charge in [-0.15, -0.1) is 0 Å². The van der Waals surface area contributed by atoms with E-state index in [0.29, 0.717) is 11.8 Å². The van der Waals surface area contributed by atoms with Crippen molar-refractivity contribution < 1.29 is 5.11 Å². The molecule has 0 bridgehead atoms. The topological polar surface area (TPSA) is 32.3 Å². The molecule has 2 aromatic rings. The number of phenols is 1. The lowest BCUT2D eigenvalue weighted by atomic mass is 10.1. The average molecular weight is 255 g/mol. The van der Waals surface area contributed by atoms with Crippen molar-refractivity contribution in [2.24, 2.45) is 0 Å². The van der Waals surface area contributed by atoms with E-state index in [1.54, 1.807) is 12.1 Å². The molecular formula is C17H21NO. The molecule has 0 amide bonds. The number of phenolic OH excluding ortho intramolecular Hbond substituents is 1. The number of hydrogen-bond acceptors (Lipinski definition) is 2. The molecule has 0 radical (unpaired) electrons. The minimum atomic E-state index is 0.324. The van der Waals surface area contributed by atoms with Gasteiger partial charge in [-0.25, -0.2) is 0 Å². The quantitative estimate of drug-likeness (QED) is 0.855. The van der Waals surface area contributed by atoms with Crippen LogP contribution >= 0.6 is 0 Å². The van der Waals surface area contributed by atoms with Crippen LogP contribution in [-0.4, -0.2) is 11.7 Å². The third-order valence-electron chi connectivity index (χ3n) is 3.38. The summed E-state index contributed by atoms with van der Waals surface area (Å²) in [4.78, 5) is 0. The van der Waals surface area contributed by atoms with Crippen LogP contribution in [0.5, 0.6) is 5.75 Å². The summed E-state index contributed by atoms with van der Waals surface area (Å²) in [5.41, 5.74) is 3.85. The van der Waals surface area contributed by atoms with Gasteiger partial charge in [-0.1, -0.05) is 42.0 Å². The number of rotatable bonds is 5. The van der Waals surface area contributed by atoms with Gasteiger partial charge in [0, 0.05) is 6.04 Å². The lowest BCUT2D eigenvalue weighted by Gasteiger charge is -2.14. The molecule has 2 rings (SSSR count). The summed E-state index contributed by atoms with van der Waals surface area (Å²) >= 11 is 0. The van der Waals surface area contributed by atoms with E-state index in [1.807, 2.05) is 12.1 Å². The normalized spacial score (nSPS) is 12.3. The molecule has 0 saturated carbocycles. The Kier molecular flexibility index (Phi) is 4.58. The fraction of sp³-hybridized carbons (Fsp3) is 0.294. The molecule has 2 aromatic carbocycles. The van der Waals surface area contributed by atoms with E-state index in [0.717, 1.165) is 13.0 Å². The molecule has 2 N–H and O–H groups in total. The first kappa shape index (κ1) is 13.6. The summed E-state index contributed by atoms with van der Waals surface area (Å²) < 4.78 is 0. The predicted octanol–water partition coefficient (Wildman–Crippen LogP) is 3.59. The Balaban J connectivity index is 1.82. The molecule has 0 aliphatic rings. The van der Waals surface area contributed by atoms with Crippen LogP contribution in [-0.2, 0) is 6.42 Å². The standard InChI is InChI=1S/C17H21NO/c1-13-3-7-16(8-4-13)14(2)18-12-11-15-5-9-17(19)10-6-15/h3-10,14,18-19H,11-12H2,1-2H3. The molecule has 1 atom stereocenters. The van der Waals surface area contributed by atoms with E-state index in [2.05, 4.69) is 43.4 Å². The fourth-order valence-electron chi connectivity index (χ4n) is 2.07. The third-order valence-corrected chi connectivity index (χ3v) is 3.38. The smallest absolute Gasteiger partial charge is 0.115 e. The van der Waals surface area contributed by atoms with Crippen LogP contribution in [0.15, 0.2) is 48.5 Å². The van der Waals surface area contributed by atoms with Gasteiger partial charge < -0.3 is 10.4 Å². The number of benzene rings is 2. The highest BCUT2D eigenvalue weighted by atomic mass is 16.3. The monoisotopic (exact) mass is 255 g/mol. The fourth-order valence-corrected chi connectivity index (χ4v) is 2.07. The maximum atomic E-state index is 9.23. The van der Waals surface area contributed by atoms with Crippen LogP contribution in [0.2, 0.25) is 0 Å². The highest BCUT2D eigenvalue weighted by Gasteiger charge is 2.03. The van der Waals surface area contributed by atoms with E-state index in [-0.39, 0.29) is 0 Å². The molecule has 0 spiro atoms. The molecule has 0 heterocycles. The van der Waals surface area contributed by atoms with E-state index in [1.165, 1.54) is 16.7 Å². The molecule has 0 aromatic heterocycles. The Bertz CT molecular complexity index is 502. The van der Waals surface area contributed by atoms with Gasteiger partial charge in [-0.2, -0.15) is 0 Å². The lowest BCUT2D eigenvalue weighted by molar-refractivity contribution is 0.475. The first-order chi connectivity index (χ1) is 9.15. The van der Waals surface area contributed by atoms with Gasteiger partial charge in [0.05, 0.1) is 0 Å². The molecule has 0 fully saturated rings. The number of aryl methyl sites for hydroxylation is 1. The number of aromatic hydroxyl groups is 1.